The molecule has 0 saturated carbocycles. The molecule has 0 radical (unpaired) electrons. The SMILES string of the molecule is C[C@@H](/C=C/c1c2ccccc2cc2ccccc12)c1ccc2cccccc1-2. The maximum Gasteiger partial charge on any atom is -0.0000945 e. The van der Waals surface area contributed by atoms with Crippen molar-refractivity contribution in [2.24, 2.45) is 0 Å². The van der Waals surface area contributed by atoms with Crippen LogP contribution in [0.3, 0.4) is 0 Å². The van der Waals surface area contributed by atoms with Gasteiger partial charge in [0.2, 0.25) is 0 Å². The highest BCUT2D eigenvalue weighted by atomic mass is 14.2. The van der Waals surface area contributed by atoms with Crippen LogP contribution in [0, 0.1) is 0 Å². The molecule has 0 heterocycles. The lowest BCUT2D eigenvalue weighted by molar-refractivity contribution is 0.983. The number of rotatable bonds is 3. The Morgan fingerprint density at radius 2 is 1.29 bits per heavy atom. The summed E-state index contributed by atoms with van der Waals surface area (Å²) >= 11 is 0. The van der Waals surface area contributed by atoms with Gasteiger partial charge in [-0.2, -0.15) is 0 Å². The van der Waals surface area contributed by atoms with E-state index >= 15 is 0 Å². The lowest BCUT2D eigenvalue weighted by Crippen LogP contribution is -1.89. The minimum Gasteiger partial charge on any atom is -0.0766 e. The van der Waals surface area contributed by atoms with Gasteiger partial charge in [-0.25, -0.2) is 0 Å². The van der Waals surface area contributed by atoms with Gasteiger partial charge >= 0.3 is 0 Å². The molecule has 0 aliphatic heterocycles. The van der Waals surface area contributed by atoms with Crippen LogP contribution >= 0.6 is 0 Å². The maximum atomic E-state index is 2.34. The van der Waals surface area contributed by atoms with Gasteiger partial charge in [-0.05, 0) is 55.8 Å². The molecule has 0 aromatic heterocycles. The predicted octanol–water partition coefficient (Wildman–Crippen LogP) is 7.91. The zero-order valence-corrected chi connectivity index (χ0v) is 16.0. The maximum absolute atomic E-state index is 2.34. The molecule has 28 heavy (non-hydrogen) atoms. The summed E-state index contributed by atoms with van der Waals surface area (Å²) in [5, 5.41) is 5.20. The molecule has 0 fully saturated rings. The molecule has 0 unspecified atom stereocenters. The summed E-state index contributed by atoms with van der Waals surface area (Å²) in [5.41, 5.74) is 5.33. The molecular weight excluding hydrogens is 336 g/mol. The summed E-state index contributed by atoms with van der Waals surface area (Å²) < 4.78 is 0. The molecule has 0 saturated heterocycles. The van der Waals surface area contributed by atoms with Gasteiger partial charge in [-0.1, -0.05) is 110 Å². The smallest absolute Gasteiger partial charge is 0.0000945 e. The molecule has 0 nitrogen and oxygen atoms in total. The van der Waals surface area contributed by atoms with Crippen LogP contribution < -0.4 is 0 Å². The van der Waals surface area contributed by atoms with Gasteiger partial charge in [0, 0.05) is 0 Å². The molecule has 3 aromatic carbocycles. The van der Waals surface area contributed by atoms with Crippen LogP contribution in [-0.4, -0.2) is 0 Å². The van der Waals surface area contributed by atoms with E-state index in [9.17, 15) is 0 Å². The molecule has 0 spiro atoms. The van der Waals surface area contributed by atoms with E-state index in [0.29, 0.717) is 5.92 Å². The lowest BCUT2D eigenvalue weighted by atomic mass is 9.93. The summed E-state index contributed by atoms with van der Waals surface area (Å²) in [6, 6.07) is 34.9. The Labute approximate surface area is 166 Å². The molecule has 5 rings (SSSR count). The highest BCUT2D eigenvalue weighted by molar-refractivity contribution is 6.06. The summed E-state index contributed by atoms with van der Waals surface area (Å²) in [5.74, 6) is 0.345. The zero-order valence-electron chi connectivity index (χ0n) is 16.0. The van der Waals surface area contributed by atoms with E-state index in [2.05, 4.69) is 116 Å². The normalized spacial score (nSPS) is 12.9. The minimum absolute atomic E-state index is 0.345. The molecule has 2 aliphatic rings. The number of benzene rings is 3. The van der Waals surface area contributed by atoms with Gasteiger partial charge in [0.25, 0.3) is 0 Å². The van der Waals surface area contributed by atoms with E-state index in [1.54, 1.807) is 0 Å². The van der Waals surface area contributed by atoms with Crippen molar-refractivity contribution in [1.29, 1.82) is 0 Å². The fraction of sp³-hybridized carbons (Fsp3) is 0.0714. The molecule has 0 amide bonds. The fourth-order valence-electron chi connectivity index (χ4n) is 4.21. The predicted molar refractivity (Wildman–Crippen MR) is 122 cm³/mol. The van der Waals surface area contributed by atoms with Crippen LogP contribution in [0.1, 0.15) is 24.0 Å². The Bertz CT molecular complexity index is 1220. The van der Waals surface area contributed by atoms with Gasteiger partial charge in [0.1, 0.15) is 0 Å². The van der Waals surface area contributed by atoms with Crippen LogP contribution in [0.25, 0.3) is 38.7 Å². The van der Waals surface area contributed by atoms with E-state index in [4.69, 9.17) is 0 Å². The third kappa shape index (κ3) is 2.88. The van der Waals surface area contributed by atoms with Crippen molar-refractivity contribution in [3.05, 3.63) is 114 Å². The summed E-state index contributed by atoms with van der Waals surface area (Å²) in [7, 11) is 0. The highest BCUT2D eigenvalue weighted by Crippen LogP contribution is 2.34. The van der Waals surface area contributed by atoms with Crippen LogP contribution in [-0.2, 0) is 0 Å². The number of fused-ring (bicyclic) bond motifs is 3. The van der Waals surface area contributed by atoms with Gasteiger partial charge in [-0.3, -0.25) is 0 Å². The Morgan fingerprint density at radius 3 is 2.04 bits per heavy atom. The quantitative estimate of drug-likeness (QED) is 0.287. The Morgan fingerprint density at radius 1 is 0.643 bits per heavy atom. The molecule has 134 valence electrons. The van der Waals surface area contributed by atoms with E-state index in [0.717, 1.165) is 0 Å². The van der Waals surface area contributed by atoms with Crippen LogP contribution in [0.4, 0.5) is 0 Å². The van der Waals surface area contributed by atoms with Gasteiger partial charge in [0.05, 0.1) is 0 Å². The molecular formula is C28H22. The Kier molecular flexibility index (Phi) is 4.18. The highest BCUT2D eigenvalue weighted by Gasteiger charge is 2.12. The van der Waals surface area contributed by atoms with E-state index in [1.165, 1.54) is 43.8 Å². The first-order valence-corrected chi connectivity index (χ1v) is 9.87. The molecule has 2 aliphatic carbocycles. The monoisotopic (exact) mass is 358 g/mol. The lowest BCUT2D eigenvalue weighted by Gasteiger charge is -2.11. The molecule has 1 atom stereocenters. The third-order valence-electron chi connectivity index (χ3n) is 5.68. The first-order valence-electron chi connectivity index (χ1n) is 9.87. The average molecular weight is 358 g/mol. The first-order chi connectivity index (χ1) is 13.8. The van der Waals surface area contributed by atoms with E-state index < -0.39 is 0 Å². The second kappa shape index (κ2) is 6.98. The molecule has 0 bridgehead atoms. The Hall–Kier alpha value is -3.38. The standard InChI is InChI=1S/C28H22/c1-20(24-18-16-21-9-3-2-4-12-25(21)24)15-17-28-26-13-7-5-10-22(26)19-23-11-6-8-14-27(23)28/h2-20H,1H3/b17-15+/t20-/m0/s1. The van der Waals surface area contributed by atoms with Crippen molar-refractivity contribution in [2.45, 2.75) is 12.8 Å². The summed E-state index contributed by atoms with van der Waals surface area (Å²) in [4.78, 5) is 0. The number of hydrogen-bond donors (Lipinski definition) is 0. The second-order valence-electron chi connectivity index (χ2n) is 7.45. The average Bonchev–Trinajstić information content (AvgIpc) is 2.99. The second-order valence-corrected chi connectivity index (χ2v) is 7.45. The summed E-state index contributed by atoms with van der Waals surface area (Å²) in [6.07, 6.45) is 4.66. The molecule has 0 N–H and O–H groups in total. The largest absolute Gasteiger partial charge is 0.0766 e. The van der Waals surface area contributed by atoms with E-state index in [1.807, 2.05) is 0 Å². The van der Waals surface area contributed by atoms with Crippen molar-refractivity contribution < 1.29 is 0 Å². The molecule has 0 heteroatoms. The van der Waals surface area contributed by atoms with Gasteiger partial charge in [-0.15, -0.1) is 0 Å². The molecule has 3 aromatic rings. The Balaban J connectivity index is 1.62. The van der Waals surface area contributed by atoms with Crippen molar-refractivity contribution in [3.8, 4) is 11.1 Å². The van der Waals surface area contributed by atoms with E-state index in [-0.39, 0.29) is 0 Å². The fourth-order valence-corrected chi connectivity index (χ4v) is 4.21. The first kappa shape index (κ1) is 16.8. The number of hydrogen-bond acceptors (Lipinski definition) is 0. The van der Waals surface area contributed by atoms with Crippen molar-refractivity contribution in [3.63, 3.8) is 0 Å². The van der Waals surface area contributed by atoms with Crippen LogP contribution in [0.2, 0.25) is 0 Å². The van der Waals surface area contributed by atoms with Crippen LogP contribution in [0.15, 0.2) is 103 Å². The minimum atomic E-state index is 0.345. The van der Waals surface area contributed by atoms with Crippen molar-refractivity contribution in [2.75, 3.05) is 0 Å². The topological polar surface area (TPSA) is 0 Å². The van der Waals surface area contributed by atoms with Crippen molar-refractivity contribution in [1.82, 2.24) is 0 Å². The number of allylic oxidation sites excluding steroid dienone is 1. The third-order valence-corrected chi connectivity index (χ3v) is 5.68. The zero-order chi connectivity index (χ0) is 18.9. The van der Waals surface area contributed by atoms with Gasteiger partial charge in [0.15, 0.2) is 0 Å². The summed E-state index contributed by atoms with van der Waals surface area (Å²) in [6.45, 7) is 2.28. The van der Waals surface area contributed by atoms with Crippen molar-refractivity contribution >= 4 is 27.6 Å². The van der Waals surface area contributed by atoms with Crippen LogP contribution in [0.5, 0.6) is 0 Å². The van der Waals surface area contributed by atoms with Gasteiger partial charge < -0.3 is 0 Å².